The van der Waals surface area contributed by atoms with Crippen LogP contribution in [-0.4, -0.2) is 35.5 Å². The molecule has 2 heterocycles. The molecule has 0 radical (unpaired) electrons. The van der Waals surface area contributed by atoms with Gasteiger partial charge in [0.1, 0.15) is 10.1 Å². The number of imidazole rings is 1. The lowest BCUT2D eigenvalue weighted by atomic mass is 10.7. The topological polar surface area (TPSA) is 91.1 Å². The number of carbonyl (C=O) groups is 1. The zero-order valence-corrected chi connectivity index (χ0v) is 11.6. The van der Waals surface area contributed by atoms with Crippen LogP contribution in [0.4, 0.5) is 0 Å². The average molecular weight is 301 g/mol. The predicted octanol–water partition coefficient (Wildman–Crippen LogP) is 0.948. The van der Waals surface area contributed by atoms with Gasteiger partial charge in [0.2, 0.25) is 14.8 Å². The van der Waals surface area contributed by atoms with Crippen LogP contribution < -0.4 is 0 Å². The Morgan fingerprint density at radius 3 is 2.95 bits per heavy atom. The molecule has 0 aliphatic carbocycles. The first-order valence-corrected chi connectivity index (χ1v) is 7.81. The van der Waals surface area contributed by atoms with E-state index in [9.17, 15) is 13.2 Å². The number of hydrogen-bond acceptors (Lipinski definition) is 7. The van der Waals surface area contributed by atoms with E-state index in [2.05, 4.69) is 9.97 Å². The van der Waals surface area contributed by atoms with Gasteiger partial charge in [-0.3, -0.25) is 0 Å². The van der Waals surface area contributed by atoms with Crippen LogP contribution in [0.5, 0.6) is 0 Å². The molecule has 0 atom stereocenters. The molecule has 0 aliphatic rings. The van der Waals surface area contributed by atoms with Crippen molar-refractivity contribution < 1.29 is 17.9 Å². The Morgan fingerprint density at radius 1 is 1.53 bits per heavy atom. The molecule has 0 aliphatic heterocycles. The van der Waals surface area contributed by atoms with E-state index in [-0.39, 0.29) is 21.7 Å². The van der Waals surface area contributed by atoms with Gasteiger partial charge in [0.15, 0.2) is 0 Å². The fourth-order valence-electron chi connectivity index (χ4n) is 1.31. The highest BCUT2D eigenvalue weighted by Crippen LogP contribution is 2.21. The fraction of sp³-hybridized carbons (Fsp3) is 0.300. The summed E-state index contributed by atoms with van der Waals surface area (Å²) in [5.41, 5.74) is 0. The van der Waals surface area contributed by atoms with Gasteiger partial charge < -0.3 is 9.30 Å². The van der Waals surface area contributed by atoms with E-state index in [0.717, 1.165) is 11.3 Å². The SMILES string of the molecule is CCOC(=O)c1ncc(S(=O)(=O)Cn2ccnc2)s1. The van der Waals surface area contributed by atoms with Gasteiger partial charge in [-0.05, 0) is 6.92 Å². The fourth-order valence-corrected chi connectivity index (χ4v) is 3.65. The molecule has 0 saturated heterocycles. The van der Waals surface area contributed by atoms with Gasteiger partial charge in [-0.2, -0.15) is 0 Å². The first-order chi connectivity index (χ1) is 9.03. The number of hydrogen-bond donors (Lipinski definition) is 0. The van der Waals surface area contributed by atoms with Gasteiger partial charge in [0.05, 0.1) is 19.1 Å². The summed E-state index contributed by atoms with van der Waals surface area (Å²) in [5, 5.41) is 0.0334. The Hall–Kier alpha value is -1.74. The molecule has 2 rings (SSSR count). The van der Waals surface area contributed by atoms with Crippen molar-refractivity contribution in [2.24, 2.45) is 0 Å². The average Bonchev–Trinajstić information content (AvgIpc) is 2.98. The predicted molar refractivity (Wildman–Crippen MR) is 67.5 cm³/mol. The van der Waals surface area contributed by atoms with Gasteiger partial charge in [-0.25, -0.2) is 23.2 Å². The van der Waals surface area contributed by atoms with E-state index in [1.807, 2.05) is 0 Å². The van der Waals surface area contributed by atoms with E-state index < -0.39 is 15.8 Å². The van der Waals surface area contributed by atoms with Crippen molar-refractivity contribution in [2.75, 3.05) is 6.61 Å². The van der Waals surface area contributed by atoms with Crippen molar-refractivity contribution in [2.45, 2.75) is 17.0 Å². The monoisotopic (exact) mass is 301 g/mol. The second-order valence-corrected chi connectivity index (χ2v) is 6.74. The first kappa shape index (κ1) is 13.7. The highest BCUT2D eigenvalue weighted by Gasteiger charge is 2.21. The van der Waals surface area contributed by atoms with Gasteiger partial charge in [0.25, 0.3) is 0 Å². The van der Waals surface area contributed by atoms with Crippen LogP contribution in [0.3, 0.4) is 0 Å². The van der Waals surface area contributed by atoms with Crippen molar-refractivity contribution in [3.63, 3.8) is 0 Å². The Labute approximate surface area is 113 Å². The number of ether oxygens (including phenoxy) is 1. The molecule has 2 aromatic heterocycles. The number of rotatable bonds is 5. The molecule has 0 unspecified atom stereocenters. The van der Waals surface area contributed by atoms with Crippen LogP contribution in [-0.2, 0) is 20.5 Å². The van der Waals surface area contributed by atoms with Crippen LogP contribution >= 0.6 is 11.3 Å². The lowest BCUT2D eigenvalue weighted by Gasteiger charge is -2.01. The molecule has 0 amide bonds. The highest BCUT2D eigenvalue weighted by molar-refractivity contribution is 7.92. The molecular weight excluding hydrogens is 290 g/mol. The summed E-state index contributed by atoms with van der Waals surface area (Å²) in [6.45, 7) is 1.89. The zero-order chi connectivity index (χ0) is 13.9. The van der Waals surface area contributed by atoms with Crippen molar-refractivity contribution in [1.82, 2.24) is 14.5 Å². The summed E-state index contributed by atoms with van der Waals surface area (Å²) >= 11 is 0.802. The van der Waals surface area contributed by atoms with E-state index in [1.54, 1.807) is 13.1 Å². The Bertz CT molecular complexity index is 661. The van der Waals surface area contributed by atoms with Crippen LogP contribution in [0.15, 0.2) is 29.1 Å². The number of sulfone groups is 1. The number of esters is 1. The maximum atomic E-state index is 12.1. The Balaban J connectivity index is 2.20. The molecule has 0 fully saturated rings. The van der Waals surface area contributed by atoms with Crippen molar-refractivity contribution in [3.8, 4) is 0 Å². The highest BCUT2D eigenvalue weighted by atomic mass is 32.2. The van der Waals surface area contributed by atoms with Crippen LogP contribution in [0.1, 0.15) is 16.7 Å². The standard InChI is InChI=1S/C10H11N3O4S2/c1-2-17-10(14)9-12-5-8(18-9)19(15,16)7-13-4-3-11-6-13/h3-6H,2,7H2,1H3. The maximum Gasteiger partial charge on any atom is 0.367 e. The minimum Gasteiger partial charge on any atom is -0.461 e. The maximum absolute atomic E-state index is 12.1. The molecule has 102 valence electrons. The third-order valence-corrected chi connectivity index (χ3v) is 5.26. The minimum absolute atomic E-state index is 0.0317. The van der Waals surface area contributed by atoms with Crippen LogP contribution in [0.2, 0.25) is 0 Å². The van der Waals surface area contributed by atoms with E-state index in [0.29, 0.717) is 0 Å². The van der Waals surface area contributed by atoms with Gasteiger partial charge in [-0.1, -0.05) is 11.3 Å². The van der Waals surface area contributed by atoms with Gasteiger partial charge in [0, 0.05) is 12.4 Å². The summed E-state index contributed by atoms with van der Waals surface area (Å²) in [4.78, 5) is 19.0. The zero-order valence-electron chi connectivity index (χ0n) is 10.0. The first-order valence-electron chi connectivity index (χ1n) is 5.34. The molecule has 7 nitrogen and oxygen atoms in total. The number of nitrogens with zero attached hydrogens (tertiary/aromatic N) is 3. The van der Waals surface area contributed by atoms with E-state index in [1.165, 1.54) is 23.3 Å². The molecule has 9 heteroatoms. The van der Waals surface area contributed by atoms with E-state index >= 15 is 0 Å². The normalized spacial score (nSPS) is 11.4. The molecule has 0 bridgehead atoms. The van der Waals surface area contributed by atoms with Crippen molar-refractivity contribution >= 4 is 27.1 Å². The third kappa shape index (κ3) is 3.18. The third-order valence-electron chi connectivity index (χ3n) is 2.12. The smallest absolute Gasteiger partial charge is 0.367 e. The number of thiazole rings is 1. The molecule has 19 heavy (non-hydrogen) atoms. The van der Waals surface area contributed by atoms with E-state index in [4.69, 9.17) is 4.74 Å². The molecule has 2 aromatic rings. The Morgan fingerprint density at radius 2 is 2.32 bits per heavy atom. The Kier molecular flexibility index (Phi) is 3.96. The number of carbonyl (C=O) groups excluding carboxylic acids is 1. The molecule has 0 aromatic carbocycles. The lowest BCUT2D eigenvalue weighted by molar-refractivity contribution is 0.0526. The number of aromatic nitrogens is 3. The van der Waals surface area contributed by atoms with Crippen LogP contribution in [0.25, 0.3) is 0 Å². The lowest BCUT2D eigenvalue weighted by Crippen LogP contribution is -2.08. The molecular formula is C10H11N3O4S2. The second kappa shape index (κ2) is 5.49. The summed E-state index contributed by atoms with van der Waals surface area (Å²) in [7, 11) is -3.54. The second-order valence-electron chi connectivity index (χ2n) is 3.53. The van der Waals surface area contributed by atoms with Crippen molar-refractivity contribution in [1.29, 1.82) is 0 Å². The molecule has 0 N–H and O–H groups in total. The minimum atomic E-state index is -3.54. The van der Waals surface area contributed by atoms with Crippen molar-refractivity contribution in [3.05, 3.63) is 29.9 Å². The summed E-state index contributed by atoms with van der Waals surface area (Å²) in [5.74, 6) is -0.853. The molecule has 0 spiro atoms. The summed E-state index contributed by atoms with van der Waals surface area (Å²) in [6, 6.07) is 0. The largest absolute Gasteiger partial charge is 0.461 e. The quantitative estimate of drug-likeness (QED) is 0.764. The summed E-state index contributed by atoms with van der Waals surface area (Å²) in [6.07, 6.45) is 5.62. The van der Waals surface area contributed by atoms with Gasteiger partial charge >= 0.3 is 5.97 Å². The molecule has 0 saturated carbocycles. The van der Waals surface area contributed by atoms with Crippen LogP contribution in [0, 0.1) is 0 Å². The van der Waals surface area contributed by atoms with Gasteiger partial charge in [-0.15, -0.1) is 0 Å². The summed E-state index contributed by atoms with van der Waals surface area (Å²) < 4.78 is 30.3.